The van der Waals surface area contributed by atoms with Crippen molar-refractivity contribution in [3.63, 3.8) is 0 Å². The summed E-state index contributed by atoms with van der Waals surface area (Å²) in [6.07, 6.45) is 0. The van der Waals surface area contributed by atoms with Crippen LogP contribution >= 0.6 is 15.9 Å². The van der Waals surface area contributed by atoms with Crippen LogP contribution in [-0.2, 0) is 0 Å². The minimum Gasteiger partial charge on any atom is -0.497 e. The lowest BCUT2D eigenvalue weighted by atomic mass is 10.2. The van der Waals surface area contributed by atoms with Crippen LogP contribution in [0, 0.1) is 0 Å². The van der Waals surface area contributed by atoms with E-state index in [1.807, 2.05) is 0 Å². The number of rotatable bonds is 4. The largest absolute Gasteiger partial charge is 0.497 e. The second-order valence-electron chi connectivity index (χ2n) is 4.48. The molecule has 0 aliphatic carbocycles. The van der Waals surface area contributed by atoms with Crippen LogP contribution in [-0.4, -0.2) is 26.0 Å². The molecule has 0 saturated heterocycles. The molecule has 0 aliphatic rings. The maximum Gasteiger partial charge on any atom is 0.270 e. The van der Waals surface area contributed by atoms with Crippen LogP contribution in [0.1, 0.15) is 20.7 Å². The van der Waals surface area contributed by atoms with Gasteiger partial charge in [0.2, 0.25) is 0 Å². The summed E-state index contributed by atoms with van der Waals surface area (Å²) < 4.78 is 10.7. The molecule has 0 radical (unpaired) electrons. The predicted molar refractivity (Wildman–Crippen MR) is 88.6 cm³/mol. The molecule has 2 aromatic rings. The Kier molecular flexibility index (Phi) is 5.59. The van der Waals surface area contributed by atoms with Crippen molar-refractivity contribution in [3.05, 3.63) is 58.1 Å². The number of hydrazine groups is 1. The first kappa shape index (κ1) is 16.8. The monoisotopic (exact) mass is 378 g/mol. The fourth-order valence-corrected chi connectivity index (χ4v) is 2.23. The molecule has 0 aliphatic heterocycles. The highest BCUT2D eigenvalue weighted by Gasteiger charge is 2.13. The third kappa shape index (κ3) is 4.23. The fourth-order valence-electron chi connectivity index (χ4n) is 1.80. The molecule has 0 spiro atoms. The molecule has 2 aromatic carbocycles. The van der Waals surface area contributed by atoms with Crippen LogP contribution in [0.15, 0.2) is 46.9 Å². The van der Waals surface area contributed by atoms with Gasteiger partial charge in [-0.25, -0.2) is 0 Å². The van der Waals surface area contributed by atoms with Gasteiger partial charge in [0.05, 0.1) is 19.8 Å². The number of carbonyl (C=O) groups is 2. The summed E-state index contributed by atoms with van der Waals surface area (Å²) in [6.45, 7) is 0. The van der Waals surface area contributed by atoms with Crippen LogP contribution in [0.25, 0.3) is 0 Å². The molecular formula is C16H15BrN2O4. The standard InChI is InChI=1S/C16H15BrN2O4/c1-22-11-5-3-10(4-6-11)15(20)18-19-16(21)13-9-12(23-2)7-8-14(13)17/h3-9H,1-2H3,(H,18,20)(H,19,21). The Morgan fingerprint density at radius 2 is 1.43 bits per heavy atom. The van der Waals surface area contributed by atoms with E-state index in [9.17, 15) is 9.59 Å². The van der Waals surface area contributed by atoms with Gasteiger partial charge in [0.15, 0.2) is 0 Å². The van der Waals surface area contributed by atoms with Crippen molar-refractivity contribution in [2.45, 2.75) is 0 Å². The molecular weight excluding hydrogens is 364 g/mol. The highest BCUT2D eigenvalue weighted by atomic mass is 79.9. The summed E-state index contributed by atoms with van der Waals surface area (Å²) in [5.41, 5.74) is 5.47. The van der Waals surface area contributed by atoms with Crippen molar-refractivity contribution in [1.29, 1.82) is 0 Å². The van der Waals surface area contributed by atoms with E-state index in [1.165, 1.54) is 7.11 Å². The first-order chi connectivity index (χ1) is 11.0. The average molecular weight is 379 g/mol. The Bertz CT molecular complexity index is 717. The normalized spacial score (nSPS) is 9.87. The molecule has 0 bridgehead atoms. The van der Waals surface area contributed by atoms with Crippen LogP contribution in [0.2, 0.25) is 0 Å². The van der Waals surface area contributed by atoms with Crippen molar-refractivity contribution >= 4 is 27.7 Å². The highest BCUT2D eigenvalue weighted by Crippen LogP contribution is 2.22. The molecule has 6 nitrogen and oxygen atoms in total. The van der Waals surface area contributed by atoms with Crippen molar-refractivity contribution in [2.75, 3.05) is 14.2 Å². The molecule has 0 atom stereocenters. The second kappa shape index (κ2) is 7.64. The number of hydrogen-bond donors (Lipinski definition) is 2. The Morgan fingerprint density at radius 3 is 2.04 bits per heavy atom. The van der Waals surface area contributed by atoms with E-state index in [0.29, 0.717) is 27.1 Å². The minimum absolute atomic E-state index is 0.347. The lowest BCUT2D eigenvalue weighted by molar-refractivity contribution is 0.0846. The maximum absolute atomic E-state index is 12.1. The Morgan fingerprint density at radius 1 is 0.870 bits per heavy atom. The average Bonchev–Trinajstić information content (AvgIpc) is 2.59. The summed E-state index contributed by atoms with van der Waals surface area (Å²) >= 11 is 3.29. The van der Waals surface area contributed by atoms with Gasteiger partial charge >= 0.3 is 0 Å². The SMILES string of the molecule is COc1ccc(C(=O)NNC(=O)c2cc(OC)ccc2Br)cc1. The van der Waals surface area contributed by atoms with Crippen LogP contribution in [0.4, 0.5) is 0 Å². The quantitative estimate of drug-likeness (QED) is 0.801. The van der Waals surface area contributed by atoms with Crippen molar-refractivity contribution in [2.24, 2.45) is 0 Å². The molecule has 0 aromatic heterocycles. The molecule has 0 saturated carbocycles. The second-order valence-corrected chi connectivity index (χ2v) is 5.34. The van der Waals surface area contributed by atoms with E-state index in [4.69, 9.17) is 9.47 Å². The number of hydrogen-bond acceptors (Lipinski definition) is 4. The maximum atomic E-state index is 12.1. The predicted octanol–water partition coefficient (Wildman–Crippen LogP) is 2.54. The minimum atomic E-state index is -0.461. The number of halogens is 1. The van der Waals surface area contributed by atoms with E-state index in [2.05, 4.69) is 26.8 Å². The van der Waals surface area contributed by atoms with E-state index in [-0.39, 0.29) is 0 Å². The van der Waals surface area contributed by atoms with E-state index < -0.39 is 11.8 Å². The summed E-state index contributed by atoms with van der Waals surface area (Å²) in [7, 11) is 3.05. The highest BCUT2D eigenvalue weighted by molar-refractivity contribution is 9.10. The number of methoxy groups -OCH3 is 2. The van der Waals surface area contributed by atoms with Gasteiger partial charge in [-0.05, 0) is 58.4 Å². The third-order valence-electron chi connectivity index (χ3n) is 3.06. The topological polar surface area (TPSA) is 76.7 Å². The first-order valence-corrected chi connectivity index (χ1v) is 7.42. The van der Waals surface area contributed by atoms with E-state index in [1.54, 1.807) is 49.6 Å². The van der Waals surface area contributed by atoms with E-state index in [0.717, 1.165) is 0 Å². The number of ether oxygens (including phenoxy) is 2. The Labute approximate surface area is 141 Å². The van der Waals surface area contributed by atoms with Gasteiger partial charge < -0.3 is 9.47 Å². The summed E-state index contributed by atoms with van der Waals surface area (Å²) in [5.74, 6) is 0.295. The van der Waals surface area contributed by atoms with Crippen molar-refractivity contribution in [1.82, 2.24) is 10.9 Å². The van der Waals surface area contributed by atoms with Gasteiger partial charge in [0.1, 0.15) is 11.5 Å². The molecule has 0 unspecified atom stereocenters. The zero-order valence-electron chi connectivity index (χ0n) is 12.6. The van der Waals surface area contributed by atoms with E-state index >= 15 is 0 Å². The Hall–Kier alpha value is -2.54. The first-order valence-electron chi connectivity index (χ1n) is 6.63. The summed E-state index contributed by atoms with van der Waals surface area (Å²) in [4.78, 5) is 24.1. The number of benzene rings is 2. The lowest BCUT2D eigenvalue weighted by Gasteiger charge is -2.10. The molecule has 120 valence electrons. The fraction of sp³-hybridized carbons (Fsp3) is 0.125. The third-order valence-corrected chi connectivity index (χ3v) is 3.75. The van der Waals surface area contributed by atoms with Crippen LogP contribution < -0.4 is 20.3 Å². The Balaban J connectivity index is 2.02. The van der Waals surface area contributed by atoms with Gasteiger partial charge in [0.25, 0.3) is 11.8 Å². The zero-order valence-corrected chi connectivity index (χ0v) is 14.1. The number of amides is 2. The van der Waals surface area contributed by atoms with Crippen LogP contribution in [0.3, 0.4) is 0 Å². The molecule has 2 N–H and O–H groups in total. The zero-order chi connectivity index (χ0) is 16.8. The molecule has 0 heterocycles. The number of carbonyl (C=O) groups excluding carboxylic acids is 2. The molecule has 7 heteroatoms. The van der Waals surface area contributed by atoms with Gasteiger partial charge in [-0.1, -0.05) is 0 Å². The lowest BCUT2D eigenvalue weighted by Crippen LogP contribution is -2.41. The van der Waals surface area contributed by atoms with Gasteiger partial charge in [-0.3, -0.25) is 20.4 Å². The van der Waals surface area contributed by atoms with Crippen molar-refractivity contribution < 1.29 is 19.1 Å². The van der Waals surface area contributed by atoms with Gasteiger partial charge in [0, 0.05) is 10.0 Å². The van der Waals surface area contributed by atoms with Gasteiger partial charge in [-0.15, -0.1) is 0 Å². The molecule has 0 fully saturated rings. The summed E-state index contributed by atoms with van der Waals surface area (Å²) in [6, 6.07) is 11.5. The smallest absolute Gasteiger partial charge is 0.270 e. The van der Waals surface area contributed by atoms with Gasteiger partial charge in [-0.2, -0.15) is 0 Å². The summed E-state index contributed by atoms with van der Waals surface area (Å²) in [5, 5.41) is 0. The molecule has 2 amide bonds. The van der Waals surface area contributed by atoms with Crippen LogP contribution in [0.5, 0.6) is 11.5 Å². The molecule has 23 heavy (non-hydrogen) atoms. The molecule has 2 rings (SSSR count). The number of nitrogens with one attached hydrogen (secondary N) is 2. The van der Waals surface area contributed by atoms with Crippen molar-refractivity contribution in [3.8, 4) is 11.5 Å².